The number of ketones is 1. The van der Waals surface area contributed by atoms with Gasteiger partial charge in [-0.05, 0) is 41.0 Å². The van der Waals surface area contributed by atoms with E-state index in [4.69, 9.17) is 10.5 Å². The summed E-state index contributed by atoms with van der Waals surface area (Å²) >= 11 is 0. The summed E-state index contributed by atoms with van der Waals surface area (Å²) < 4.78 is 5.61. The third-order valence-electron chi connectivity index (χ3n) is 7.71. The van der Waals surface area contributed by atoms with E-state index >= 15 is 0 Å². The summed E-state index contributed by atoms with van der Waals surface area (Å²) in [6, 6.07) is 13.0. The van der Waals surface area contributed by atoms with Crippen LogP contribution in [0.2, 0.25) is 0 Å². The van der Waals surface area contributed by atoms with Gasteiger partial charge < -0.3 is 26.4 Å². The van der Waals surface area contributed by atoms with E-state index < -0.39 is 54.3 Å². The molecule has 2 atom stereocenters. The SMILES string of the molecule is CC(C)[C@H](NC(=O)OCC1c2ccccc2-c2ccccc21)C(=O)N[C@@H](CCCNC(N)=O)C(=O)CN1C(=O)CCC1=O. The number of nitrogens with one attached hydrogen (secondary N) is 3. The van der Waals surface area contributed by atoms with Gasteiger partial charge in [-0.2, -0.15) is 0 Å². The van der Waals surface area contributed by atoms with Crippen LogP contribution < -0.4 is 21.7 Å². The first kappa shape index (κ1) is 31.2. The number of ether oxygens (including phenoxy) is 1. The summed E-state index contributed by atoms with van der Waals surface area (Å²) in [6.45, 7) is 3.23. The second-order valence-corrected chi connectivity index (χ2v) is 11.0. The van der Waals surface area contributed by atoms with E-state index in [0.29, 0.717) is 0 Å². The summed E-state index contributed by atoms with van der Waals surface area (Å²) in [5.74, 6) is -2.58. The van der Waals surface area contributed by atoms with Gasteiger partial charge in [-0.1, -0.05) is 62.4 Å². The number of imide groups is 1. The summed E-state index contributed by atoms with van der Waals surface area (Å²) in [6.07, 6.45) is -0.321. The number of fused-ring (bicyclic) bond motifs is 3. The molecular weight excluding hydrogens is 554 g/mol. The number of Topliss-reactive ketones (excluding diaryl/α,β-unsaturated/α-hetero) is 1. The number of hydrogen-bond donors (Lipinski definition) is 4. The normalized spacial score (nSPS) is 15.5. The van der Waals surface area contributed by atoms with Crippen LogP contribution in [0.15, 0.2) is 48.5 Å². The van der Waals surface area contributed by atoms with Crippen molar-refractivity contribution in [2.75, 3.05) is 19.7 Å². The average Bonchev–Trinajstić information content (AvgIpc) is 3.47. The lowest BCUT2D eigenvalue weighted by Gasteiger charge is -2.26. The Labute approximate surface area is 249 Å². The monoisotopic (exact) mass is 591 g/mol. The van der Waals surface area contributed by atoms with Crippen LogP contribution in [0.5, 0.6) is 0 Å². The Morgan fingerprint density at radius 2 is 1.51 bits per heavy atom. The van der Waals surface area contributed by atoms with Crippen molar-refractivity contribution in [2.24, 2.45) is 11.7 Å². The summed E-state index contributed by atoms with van der Waals surface area (Å²) in [5.41, 5.74) is 9.38. The van der Waals surface area contributed by atoms with Crippen LogP contribution in [0.4, 0.5) is 9.59 Å². The zero-order valence-corrected chi connectivity index (χ0v) is 24.3. The largest absolute Gasteiger partial charge is 0.449 e. The Kier molecular flexibility index (Phi) is 10.1. The summed E-state index contributed by atoms with van der Waals surface area (Å²) in [5, 5.41) is 7.71. The highest BCUT2D eigenvalue weighted by Crippen LogP contribution is 2.44. The zero-order valence-electron chi connectivity index (χ0n) is 24.3. The number of primary amides is 1. The number of likely N-dealkylation sites (tertiary alicyclic amines) is 1. The minimum atomic E-state index is -1.08. The van der Waals surface area contributed by atoms with E-state index in [-0.39, 0.29) is 50.7 Å². The van der Waals surface area contributed by atoms with Gasteiger partial charge >= 0.3 is 12.1 Å². The molecule has 1 saturated heterocycles. The molecule has 228 valence electrons. The maximum atomic E-state index is 13.4. The van der Waals surface area contributed by atoms with Crippen molar-refractivity contribution < 1.29 is 33.5 Å². The molecule has 12 nitrogen and oxygen atoms in total. The molecular formula is C31H37N5O7. The molecule has 0 radical (unpaired) electrons. The Hall–Kier alpha value is -4.74. The van der Waals surface area contributed by atoms with E-state index in [1.54, 1.807) is 13.8 Å². The topological polar surface area (TPSA) is 177 Å². The summed E-state index contributed by atoms with van der Waals surface area (Å²) in [7, 11) is 0. The number of alkyl carbamates (subject to hydrolysis) is 1. The van der Waals surface area contributed by atoms with Crippen molar-refractivity contribution in [1.82, 2.24) is 20.9 Å². The molecule has 43 heavy (non-hydrogen) atoms. The fraction of sp³-hybridized carbons (Fsp3) is 0.419. The number of carbonyl (C=O) groups is 6. The predicted octanol–water partition coefficient (Wildman–Crippen LogP) is 2.20. The molecule has 4 rings (SSSR count). The molecule has 1 aliphatic carbocycles. The number of nitrogens with zero attached hydrogens (tertiary/aromatic N) is 1. The van der Waals surface area contributed by atoms with Crippen LogP contribution in [0, 0.1) is 5.92 Å². The lowest BCUT2D eigenvalue weighted by molar-refractivity contribution is -0.142. The van der Waals surface area contributed by atoms with Crippen LogP contribution in [-0.4, -0.2) is 72.3 Å². The lowest BCUT2D eigenvalue weighted by Crippen LogP contribution is -2.55. The number of hydrogen-bond acceptors (Lipinski definition) is 7. The third-order valence-corrected chi connectivity index (χ3v) is 7.71. The number of carbonyl (C=O) groups excluding carboxylic acids is 6. The Morgan fingerprint density at radius 1 is 0.930 bits per heavy atom. The van der Waals surface area contributed by atoms with Crippen molar-refractivity contribution in [3.63, 3.8) is 0 Å². The van der Waals surface area contributed by atoms with E-state index in [0.717, 1.165) is 27.2 Å². The molecule has 1 fully saturated rings. The van der Waals surface area contributed by atoms with Gasteiger partial charge in [0.15, 0.2) is 5.78 Å². The van der Waals surface area contributed by atoms with Gasteiger partial charge in [-0.25, -0.2) is 9.59 Å². The molecule has 1 aliphatic heterocycles. The molecule has 0 spiro atoms. The molecule has 6 amide bonds. The van der Waals surface area contributed by atoms with Crippen LogP contribution in [0.3, 0.4) is 0 Å². The van der Waals surface area contributed by atoms with Crippen LogP contribution in [0.25, 0.3) is 11.1 Å². The molecule has 12 heteroatoms. The van der Waals surface area contributed by atoms with Gasteiger partial charge in [0, 0.05) is 25.3 Å². The van der Waals surface area contributed by atoms with E-state index in [2.05, 4.69) is 16.0 Å². The molecule has 0 aromatic heterocycles. The highest BCUT2D eigenvalue weighted by Gasteiger charge is 2.35. The fourth-order valence-corrected chi connectivity index (χ4v) is 5.46. The molecule has 0 saturated carbocycles. The van der Waals surface area contributed by atoms with Crippen LogP contribution in [-0.2, 0) is 23.9 Å². The fourth-order valence-electron chi connectivity index (χ4n) is 5.46. The van der Waals surface area contributed by atoms with Crippen LogP contribution in [0.1, 0.15) is 56.6 Å². The van der Waals surface area contributed by atoms with Gasteiger partial charge in [0.1, 0.15) is 12.6 Å². The first-order chi connectivity index (χ1) is 20.6. The highest BCUT2D eigenvalue weighted by atomic mass is 16.5. The van der Waals surface area contributed by atoms with Gasteiger partial charge in [-0.3, -0.25) is 24.1 Å². The molecule has 5 N–H and O–H groups in total. The van der Waals surface area contributed by atoms with E-state index in [1.165, 1.54) is 0 Å². The zero-order chi connectivity index (χ0) is 31.1. The predicted molar refractivity (Wildman–Crippen MR) is 157 cm³/mol. The number of urea groups is 1. The molecule has 0 unspecified atom stereocenters. The van der Waals surface area contributed by atoms with Crippen molar-refractivity contribution >= 4 is 35.6 Å². The van der Waals surface area contributed by atoms with Crippen LogP contribution >= 0.6 is 0 Å². The second kappa shape index (κ2) is 14.0. The maximum Gasteiger partial charge on any atom is 0.407 e. The van der Waals surface area contributed by atoms with Gasteiger partial charge in [0.05, 0.1) is 12.6 Å². The first-order valence-corrected chi connectivity index (χ1v) is 14.4. The molecule has 1 heterocycles. The van der Waals surface area contributed by atoms with Crippen molar-refractivity contribution in [1.29, 1.82) is 0 Å². The summed E-state index contributed by atoms with van der Waals surface area (Å²) in [4.78, 5) is 75.4. The highest BCUT2D eigenvalue weighted by molar-refractivity contribution is 6.05. The van der Waals surface area contributed by atoms with Crippen molar-refractivity contribution in [2.45, 2.75) is 57.5 Å². The van der Waals surface area contributed by atoms with Gasteiger partial charge in [0.2, 0.25) is 17.7 Å². The van der Waals surface area contributed by atoms with Crippen molar-refractivity contribution in [3.05, 3.63) is 59.7 Å². The van der Waals surface area contributed by atoms with Gasteiger partial charge in [-0.15, -0.1) is 0 Å². The molecule has 2 aromatic rings. The average molecular weight is 592 g/mol. The Balaban J connectivity index is 1.39. The molecule has 2 aliphatic rings. The quantitative estimate of drug-likeness (QED) is 0.204. The smallest absolute Gasteiger partial charge is 0.407 e. The minimum absolute atomic E-state index is 0.0329. The van der Waals surface area contributed by atoms with Crippen molar-refractivity contribution in [3.8, 4) is 11.1 Å². The number of rotatable bonds is 13. The first-order valence-electron chi connectivity index (χ1n) is 14.4. The number of benzene rings is 2. The van der Waals surface area contributed by atoms with E-state index in [9.17, 15) is 28.8 Å². The second-order valence-electron chi connectivity index (χ2n) is 11.0. The Morgan fingerprint density at radius 3 is 2.07 bits per heavy atom. The number of nitrogens with two attached hydrogens (primary N) is 1. The maximum absolute atomic E-state index is 13.4. The standard InChI is InChI=1S/C31H37N5O7/c1-18(2)28(35-31(42)43-17-23-21-10-5-3-8-19(21)20-9-4-6-11-22(20)23)29(40)34-24(12-7-15-33-30(32)41)25(37)16-36-26(38)13-14-27(36)39/h3-6,8-11,18,23-24,28H,7,12-17H2,1-2H3,(H,34,40)(H,35,42)(H3,32,33,41)/t24-,28-/m0/s1. The minimum Gasteiger partial charge on any atom is -0.449 e. The number of amides is 6. The molecule has 2 aromatic carbocycles. The van der Waals surface area contributed by atoms with E-state index in [1.807, 2.05) is 48.5 Å². The molecule has 0 bridgehead atoms. The van der Waals surface area contributed by atoms with Gasteiger partial charge in [0.25, 0.3) is 0 Å². The Bertz CT molecular complexity index is 1350. The lowest BCUT2D eigenvalue weighted by atomic mass is 9.98. The third kappa shape index (κ3) is 7.56.